The van der Waals surface area contributed by atoms with Crippen LogP contribution in [0, 0.1) is 11.6 Å². The second-order valence-electron chi connectivity index (χ2n) is 4.54. The predicted molar refractivity (Wildman–Crippen MR) is 80.8 cm³/mol. The monoisotopic (exact) mass is 357 g/mol. The van der Waals surface area contributed by atoms with E-state index < -0.39 is 17.7 Å². The first-order chi connectivity index (χ1) is 9.92. The quantitative estimate of drug-likeness (QED) is 0.784. The number of phenols is 1. The molecule has 2 aromatic carbocycles. The van der Waals surface area contributed by atoms with E-state index in [9.17, 15) is 13.9 Å². The van der Waals surface area contributed by atoms with Crippen LogP contribution in [0.4, 0.5) is 14.5 Å². The molecule has 0 aliphatic heterocycles. The summed E-state index contributed by atoms with van der Waals surface area (Å²) < 4.78 is 32.3. The number of ether oxygens (including phenoxy) is 1. The van der Waals surface area contributed by atoms with E-state index in [4.69, 9.17) is 4.74 Å². The topological polar surface area (TPSA) is 41.5 Å². The number of benzene rings is 2. The van der Waals surface area contributed by atoms with Crippen molar-refractivity contribution in [3.63, 3.8) is 0 Å². The van der Waals surface area contributed by atoms with Crippen molar-refractivity contribution in [2.75, 3.05) is 12.4 Å². The molecule has 0 aliphatic carbocycles. The third-order valence-electron chi connectivity index (χ3n) is 3.09. The fourth-order valence-electron chi connectivity index (χ4n) is 1.96. The van der Waals surface area contributed by atoms with Gasteiger partial charge < -0.3 is 15.2 Å². The Bertz CT molecular complexity index is 664. The van der Waals surface area contributed by atoms with Crippen molar-refractivity contribution in [3.8, 4) is 11.5 Å². The van der Waals surface area contributed by atoms with Gasteiger partial charge in [-0.25, -0.2) is 8.78 Å². The van der Waals surface area contributed by atoms with Crippen molar-refractivity contribution < 1.29 is 18.6 Å². The van der Waals surface area contributed by atoms with Gasteiger partial charge in [0.1, 0.15) is 23.1 Å². The van der Waals surface area contributed by atoms with Crippen LogP contribution in [-0.4, -0.2) is 12.2 Å². The lowest BCUT2D eigenvalue weighted by molar-refractivity contribution is 0.406. The molecule has 2 N–H and O–H groups in total. The number of aromatic hydroxyl groups is 1. The molecule has 0 bridgehead atoms. The molecule has 3 nitrogen and oxygen atoms in total. The zero-order valence-electron chi connectivity index (χ0n) is 11.5. The molecule has 1 unspecified atom stereocenters. The molecule has 21 heavy (non-hydrogen) atoms. The van der Waals surface area contributed by atoms with Crippen molar-refractivity contribution in [1.29, 1.82) is 0 Å². The van der Waals surface area contributed by atoms with Gasteiger partial charge in [0.25, 0.3) is 0 Å². The van der Waals surface area contributed by atoms with Crippen molar-refractivity contribution >= 4 is 21.6 Å². The van der Waals surface area contributed by atoms with Crippen LogP contribution in [0.2, 0.25) is 0 Å². The standard InChI is InChI=1S/C15H14BrF2NO2/c1-8(10-4-3-9(21-2)5-15(10)20)19-14-7-12(17)11(16)6-13(14)18/h3-8,19-20H,1-2H3. The molecule has 0 fully saturated rings. The van der Waals surface area contributed by atoms with Gasteiger partial charge in [-0.1, -0.05) is 0 Å². The van der Waals surface area contributed by atoms with Crippen molar-refractivity contribution in [2.45, 2.75) is 13.0 Å². The number of phenolic OH excluding ortho intramolecular Hbond substituents is 1. The van der Waals surface area contributed by atoms with Crippen LogP contribution >= 0.6 is 15.9 Å². The van der Waals surface area contributed by atoms with E-state index in [2.05, 4.69) is 21.2 Å². The highest BCUT2D eigenvalue weighted by molar-refractivity contribution is 9.10. The Balaban J connectivity index is 2.26. The third-order valence-corrected chi connectivity index (χ3v) is 3.69. The number of rotatable bonds is 4. The minimum atomic E-state index is -0.580. The highest BCUT2D eigenvalue weighted by Crippen LogP contribution is 2.32. The number of halogens is 3. The van der Waals surface area contributed by atoms with E-state index in [-0.39, 0.29) is 15.9 Å². The van der Waals surface area contributed by atoms with Crippen LogP contribution in [0.3, 0.4) is 0 Å². The van der Waals surface area contributed by atoms with E-state index in [1.54, 1.807) is 19.1 Å². The van der Waals surface area contributed by atoms with Gasteiger partial charge in [-0.05, 0) is 41.1 Å². The summed E-state index contributed by atoms with van der Waals surface area (Å²) in [6, 6.07) is 6.52. The summed E-state index contributed by atoms with van der Waals surface area (Å²) in [4.78, 5) is 0. The molecule has 112 valence electrons. The molecule has 0 heterocycles. The molecule has 0 aliphatic rings. The first kappa shape index (κ1) is 15.6. The van der Waals surface area contributed by atoms with Crippen LogP contribution in [0.1, 0.15) is 18.5 Å². The molecule has 0 radical (unpaired) electrons. The average Bonchev–Trinajstić information content (AvgIpc) is 2.44. The smallest absolute Gasteiger partial charge is 0.147 e. The number of anilines is 1. The van der Waals surface area contributed by atoms with E-state index in [1.165, 1.54) is 13.2 Å². The summed E-state index contributed by atoms with van der Waals surface area (Å²) in [6.07, 6.45) is 0. The Morgan fingerprint density at radius 1 is 1.19 bits per heavy atom. The molecular formula is C15H14BrF2NO2. The van der Waals surface area contributed by atoms with Gasteiger partial charge in [-0.15, -0.1) is 0 Å². The van der Waals surface area contributed by atoms with Gasteiger partial charge in [0.2, 0.25) is 0 Å². The van der Waals surface area contributed by atoms with E-state index in [0.717, 1.165) is 12.1 Å². The summed E-state index contributed by atoms with van der Waals surface area (Å²) in [5.41, 5.74) is 0.581. The SMILES string of the molecule is COc1ccc(C(C)Nc2cc(F)c(Br)cc2F)c(O)c1. The zero-order valence-corrected chi connectivity index (χ0v) is 13.0. The summed E-state index contributed by atoms with van der Waals surface area (Å²) in [7, 11) is 1.50. The zero-order chi connectivity index (χ0) is 15.6. The first-order valence-corrected chi connectivity index (χ1v) is 6.99. The summed E-state index contributed by atoms with van der Waals surface area (Å²) in [6.45, 7) is 1.74. The number of methoxy groups -OCH3 is 1. The lowest BCUT2D eigenvalue weighted by Crippen LogP contribution is -2.08. The molecule has 1 atom stereocenters. The molecular weight excluding hydrogens is 344 g/mol. The number of nitrogens with one attached hydrogen (secondary N) is 1. The number of hydrogen-bond donors (Lipinski definition) is 2. The Hall–Kier alpha value is -1.82. The first-order valence-electron chi connectivity index (χ1n) is 6.20. The maximum atomic E-state index is 13.8. The molecule has 2 rings (SSSR count). The molecule has 0 saturated carbocycles. The Morgan fingerprint density at radius 3 is 2.52 bits per heavy atom. The normalized spacial score (nSPS) is 12.0. The summed E-state index contributed by atoms with van der Waals surface area (Å²) in [5, 5.41) is 12.8. The molecule has 0 spiro atoms. The lowest BCUT2D eigenvalue weighted by atomic mass is 10.1. The maximum absolute atomic E-state index is 13.8. The minimum absolute atomic E-state index is 0.0207. The average molecular weight is 358 g/mol. The Kier molecular flexibility index (Phi) is 4.67. The third kappa shape index (κ3) is 3.44. The van der Waals surface area contributed by atoms with Crippen molar-refractivity contribution in [2.24, 2.45) is 0 Å². The van der Waals surface area contributed by atoms with Crippen LogP contribution in [0.25, 0.3) is 0 Å². The second-order valence-corrected chi connectivity index (χ2v) is 5.39. The predicted octanol–water partition coefficient (Wildman–Crippen LogP) is 4.61. The minimum Gasteiger partial charge on any atom is -0.507 e. The van der Waals surface area contributed by atoms with E-state index in [1.807, 2.05) is 0 Å². The van der Waals surface area contributed by atoms with Crippen LogP contribution in [-0.2, 0) is 0 Å². The fourth-order valence-corrected chi connectivity index (χ4v) is 2.28. The van der Waals surface area contributed by atoms with Gasteiger partial charge >= 0.3 is 0 Å². The largest absolute Gasteiger partial charge is 0.507 e. The molecule has 0 amide bonds. The Morgan fingerprint density at radius 2 is 1.90 bits per heavy atom. The molecule has 0 aromatic heterocycles. The summed E-state index contributed by atoms with van der Waals surface area (Å²) in [5.74, 6) is -0.607. The van der Waals surface area contributed by atoms with Gasteiger partial charge in [-0.3, -0.25) is 0 Å². The molecule has 6 heteroatoms. The van der Waals surface area contributed by atoms with Gasteiger partial charge in [0, 0.05) is 17.7 Å². The highest BCUT2D eigenvalue weighted by atomic mass is 79.9. The molecule has 0 saturated heterocycles. The van der Waals surface area contributed by atoms with Crippen molar-refractivity contribution in [1.82, 2.24) is 0 Å². The van der Waals surface area contributed by atoms with Crippen LogP contribution in [0.5, 0.6) is 11.5 Å². The second kappa shape index (κ2) is 6.30. The van der Waals surface area contributed by atoms with Crippen molar-refractivity contribution in [3.05, 3.63) is 52.0 Å². The van der Waals surface area contributed by atoms with Gasteiger partial charge in [-0.2, -0.15) is 0 Å². The van der Waals surface area contributed by atoms with Crippen LogP contribution in [0.15, 0.2) is 34.8 Å². The Labute approximate surface area is 129 Å². The van der Waals surface area contributed by atoms with Gasteiger partial charge in [0.05, 0.1) is 23.3 Å². The highest BCUT2D eigenvalue weighted by Gasteiger charge is 2.15. The molecule has 2 aromatic rings. The lowest BCUT2D eigenvalue weighted by Gasteiger charge is -2.18. The van der Waals surface area contributed by atoms with E-state index in [0.29, 0.717) is 11.3 Å². The van der Waals surface area contributed by atoms with Crippen LogP contribution < -0.4 is 10.1 Å². The summed E-state index contributed by atoms with van der Waals surface area (Å²) >= 11 is 2.92. The maximum Gasteiger partial charge on any atom is 0.147 e. The fraction of sp³-hybridized carbons (Fsp3) is 0.200. The number of hydrogen-bond acceptors (Lipinski definition) is 3. The van der Waals surface area contributed by atoms with E-state index >= 15 is 0 Å². The van der Waals surface area contributed by atoms with Gasteiger partial charge in [0.15, 0.2) is 0 Å².